The molecule has 0 aliphatic rings. The molecule has 0 saturated heterocycles. The third-order valence-electron chi connectivity index (χ3n) is 11.6. The van der Waals surface area contributed by atoms with E-state index < -0.39 is 12.1 Å². The van der Waals surface area contributed by atoms with Crippen molar-refractivity contribution in [2.24, 2.45) is 0 Å². The minimum atomic E-state index is -0.818. The lowest BCUT2D eigenvalue weighted by Gasteiger charge is -2.18. The minimum absolute atomic E-state index is 0.107. The molecule has 0 heterocycles. The van der Waals surface area contributed by atoms with E-state index in [0.29, 0.717) is 19.3 Å². The number of carbonyl (C=O) groups is 3. The Kier molecular flexibility index (Phi) is 51.4. The highest BCUT2D eigenvalue weighted by molar-refractivity contribution is 5.71. The lowest BCUT2D eigenvalue weighted by atomic mass is 10.0. The van der Waals surface area contributed by atoms with Crippen LogP contribution in [-0.4, -0.2) is 37.2 Å². The average Bonchev–Trinajstić information content (AvgIpc) is 3.31. The molecule has 0 aliphatic carbocycles. The summed E-state index contributed by atoms with van der Waals surface area (Å²) >= 11 is 0. The Bertz CT molecular complexity index is 1290. The van der Waals surface area contributed by atoms with Gasteiger partial charge in [0.25, 0.3) is 0 Å². The van der Waals surface area contributed by atoms with Crippen molar-refractivity contribution in [1.29, 1.82) is 0 Å². The van der Waals surface area contributed by atoms with Gasteiger partial charge in [-0.15, -0.1) is 0 Å². The summed E-state index contributed by atoms with van der Waals surface area (Å²) in [5.74, 6) is -0.996. The topological polar surface area (TPSA) is 78.9 Å². The molecule has 0 saturated carbocycles. The Morgan fingerprint density at radius 3 is 0.939 bits per heavy atom. The van der Waals surface area contributed by atoms with Crippen molar-refractivity contribution >= 4 is 17.9 Å². The third-order valence-corrected chi connectivity index (χ3v) is 11.6. The fraction of sp³-hybridized carbons (Fsp3) is 0.717. The van der Waals surface area contributed by atoms with E-state index in [1.54, 1.807) is 0 Å². The van der Waals surface area contributed by atoms with Crippen LogP contribution in [0.25, 0.3) is 0 Å². The van der Waals surface area contributed by atoms with Crippen molar-refractivity contribution in [3.8, 4) is 0 Å². The molecule has 1 atom stereocenters. The Morgan fingerprint density at radius 2 is 0.576 bits per heavy atom. The molecule has 0 amide bonds. The summed E-state index contributed by atoms with van der Waals surface area (Å²) in [5.41, 5.74) is 0. The molecule has 0 aromatic heterocycles. The van der Waals surface area contributed by atoms with Crippen LogP contribution in [0, 0.1) is 0 Å². The predicted molar refractivity (Wildman–Crippen MR) is 284 cm³/mol. The maximum absolute atomic E-state index is 12.8. The molecule has 0 bridgehead atoms. The standard InChI is InChI=1S/C60H102O6/c1-4-7-10-13-16-19-22-25-27-29-30-32-34-36-39-42-45-48-51-54-60(63)66-57(55-64-58(61)52-49-46-43-40-37-24-21-18-15-12-9-6-3)56-65-59(62)53-50-47-44-41-38-35-33-31-28-26-23-20-17-14-11-8-5-2/h16-17,19-20,25-28,30,32,36,39,45,48,57H,4-15,18,21-24,29,31,33-35,37-38,40-44,46-47,49-56H2,1-3H3/b19-16-,20-17-,27-25-,28-26-,32-30-,39-36-,48-45-/t57-/m0/s1. The molecule has 66 heavy (non-hydrogen) atoms. The Morgan fingerprint density at radius 1 is 0.303 bits per heavy atom. The van der Waals surface area contributed by atoms with Crippen molar-refractivity contribution in [3.05, 3.63) is 85.1 Å². The van der Waals surface area contributed by atoms with Gasteiger partial charge in [-0.3, -0.25) is 14.4 Å². The second-order valence-corrected chi connectivity index (χ2v) is 18.1. The van der Waals surface area contributed by atoms with Gasteiger partial charge in [-0.2, -0.15) is 0 Å². The van der Waals surface area contributed by atoms with Crippen LogP contribution in [0.1, 0.15) is 258 Å². The van der Waals surface area contributed by atoms with E-state index in [0.717, 1.165) is 77.0 Å². The number of carbonyl (C=O) groups excluding carboxylic acids is 3. The van der Waals surface area contributed by atoms with Crippen molar-refractivity contribution in [3.63, 3.8) is 0 Å². The van der Waals surface area contributed by atoms with Gasteiger partial charge in [0.15, 0.2) is 6.10 Å². The van der Waals surface area contributed by atoms with Crippen LogP contribution in [0.5, 0.6) is 0 Å². The normalized spacial score (nSPS) is 12.7. The summed E-state index contributed by atoms with van der Waals surface area (Å²) in [6.45, 7) is 6.52. The molecule has 378 valence electrons. The fourth-order valence-electron chi connectivity index (χ4n) is 7.45. The number of rotatable bonds is 49. The summed E-state index contributed by atoms with van der Waals surface area (Å²) in [4.78, 5) is 38.0. The van der Waals surface area contributed by atoms with Gasteiger partial charge in [-0.05, 0) is 89.9 Å². The van der Waals surface area contributed by atoms with Crippen LogP contribution in [0.15, 0.2) is 85.1 Å². The molecule has 0 spiro atoms. The van der Waals surface area contributed by atoms with Crippen LogP contribution < -0.4 is 0 Å². The molecule has 0 radical (unpaired) electrons. The van der Waals surface area contributed by atoms with E-state index in [9.17, 15) is 14.4 Å². The summed E-state index contributed by atoms with van der Waals surface area (Å²) in [5, 5.41) is 0. The Labute approximate surface area is 407 Å². The molecule has 0 aromatic rings. The van der Waals surface area contributed by atoms with Gasteiger partial charge in [0.05, 0.1) is 0 Å². The van der Waals surface area contributed by atoms with Crippen molar-refractivity contribution < 1.29 is 28.6 Å². The molecule has 6 nitrogen and oxygen atoms in total. The van der Waals surface area contributed by atoms with Crippen LogP contribution in [-0.2, 0) is 28.6 Å². The number of esters is 3. The lowest BCUT2D eigenvalue weighted by molar-refractivity contribution is -0.166. The van der Waals surface area contributed by atoms with Gasteiger partial charge in [0.2, 0.25) is 0 Å². The van der Waals surface area contributed by atoms with Crippen molar-refractivity contribution in [2.75, 3.05) is 13.2 Å². The van der Waals surface area contributed by atoms with Crippen molar-refractivity contribution in [1.82, 2.24) is 0 Å². The molecule has 0 fully saturated rings. The van der Waals surface area contributed by atoms with Gasteiger partial charge >= 0.3 is 17.9 Å². The van der Waals surface area contributed by atoms with E-state index in [-0.39, 0.29) is 31.6 Å². The molecule has 0 unspecified atom stereocenters. The molecule has 6 heteroatoms. The SMILES string of the molecule is CCCCC/C=C\C/C=C\C/C=C\C/C=C\C/C=C\CCC(=O)O[C@H](COC(=O)CCCCCCCCC/C=C\C/C=C\CCCCC)COC(=O)CCCCCCCCCCCCCC. The first-order chi connectivity index (χ1) is 32.5. The predicted octanol–water partition coefficient (Wildman–Crippen LogP) is 18.4. The smallest absolute Gasteiger partial charge is 0.306 e. The summed E-state index contributed by atoms with van der Waals surface area (Å²) < 4.78 is 16.8. The van der Waals surface area contributed by atoms with Gasteiger partial charge < -0.3 is 14.2 Å². The van der Waals surface area contributed by atoms with Gasteiger partial charge in [0, 0.05) is 19.3 Å². The number of unbranched alkanes of at least 4 members (excludes halogenated alkanes) is 24. The average molecular weight is 919 g/mol. The monoisotopic (exact) mass is 919 g/mol. The molecule has 0 aliphatic heterocycles. The number of hydrogen-bond donors (Lipinski definition) is 0. The summed E-state index contributed by atoms with van der Waals surface area (Å²) in [7, 11) is 0. The second-order valence-electron chi connectivity index (χ2n) is 18.1. The Hall–Kier alpha value is -3.41. The minimum Gasteiger partial charge on any atom is -0.462 e. The van der Waals surface area contributed by atoms with Gasteiger partial charge in [-0.25, -0.2) is 0 Å². The Balaban J connectivity index is 4.50. The van der Waals surface area contributed by atoms with E-state index in [1.165, 1.54) is 135 Å². The van der Waals surface area contributed by atoms with Crippen LogP contribution in [0.4, 0.5) is 0 Å². The first-order valence-corrected chi connectivity index (χ1v) is 27.6. The summed E-state index contributed by atoms with van der Waals surface area (Å²) in [6.07, 6.45) is 70.0. The molecular weight excluding hydrogens is 817 g/mol. The first kappa shape index (κ1) is 62.6. The first-order valence-electron chi connectivity index (χ1n) is 27.6. The number of ether oxygens (including phenoxy) is 3. The highest BCUT2D eigenvalue weighted by Gasteiger charge is 2.19. The van der Waals surface area contributed by atoms with E-state index >= 15 is 0 Å². The van der Waals surface area contributed by atoms with Gasteiger partial charge in [0.1, 0.15) is 13.2 Å². The number of hydrogen-bond acceptors (Lipinski definition) is 6. The highest BCUT2D eigenvalue weighted by Crippen LogP contribution is 2.14. The zero-order valence-corrected chi connectivity index (χ0v) is 43.2. The van der Waals surface area contributed by atoms with E-state index in [2.05, 4.69) is 99.8 Å². The van der Waals surface area contributed by atoms with E-state index in [4.69, 9.17) is 14.2 Å². The largest absolute Gasteiger partial charge is 0.462 e. The summed E-state index contributed by atoms with van der Waals surface area (Å²) in [6, 6.07) is 0. The number of allylic oxidation sites excluding steroid dienone is 14. The van der Waals surface area contributed by atoms with E-state index in [1.807, 2.05) is 6.08 Å². The van der Waals surface area contributed by atoms with Crippen molar-refractivity contribution in [2.45, 2.75) is 264 Å². The zero-order chi connectivity index (χ0) is 47.9. The zero-order valence-electron chi connectivity index (χ0n) is 43.2. The highest BCUT2D eigenvalue weighted by atomic mass is 16.6. The fourth-order valence-corrected chi connectivity index (χ4v) is 7.45. The molecular formula is C60H102O6. The maximum Gasteiger partial charge on any atom is 0.306 e. The molecule has 0 aromatic carbocycles. The van der Waals surface area contributed by atoms with Crippen LogP contribution in [0.3, 0.4) is 0 Å². The van der Waals surface area contributed by atoms with Crippen LogP contribution >= 0.6 is 0 Å². The van der Waals surface area contributed by atoms with Gasteiger partial charge in [-0.1, -0.05) is 234 Å². The molecule has 0 rings (SSSR count). The second kappa shape index (κ2) is 54.2. The molecule has 0 N–H and O–H groups in total. The maximum atomic E-state index is 12.8. The quantitative estimate of drug-likeness (QED) is 0.0262. The third kappa shape index (κ3) is 51.6. The lowest BCUT2D eigenvalue weighted by Crippen LogP contribution is -2.30. The van der Waals surface area contributed by atoms with Crippen LogP contribution in [0.2, 0.25) is 0 Å².